The van der Waals surface area contributed by atoms with Crippen molar-refractivity contribution in [1.29, 1.82) is 0 Å². The van der Waals surface area contributed by atoms with Gasteiger partial charge in [-0.25, -0.2) is 0 Å². The van der Waals surface area contributed by atoms with Crippen LogP contribution in [-0.4, -0.2) is 31.4 Å². The van der Waals surface area contributed by atoms with Crippen molar-refractivity contribution in [2.24, 2.45) is 5.92 Å². The van der Waals surface area contributed by atoms with E-state index >= 15 is 0 Å². The van der Waals surface area contributed by atoms with Crippen LogP contribution in [0.5, 0.6) is 11.5 Å². The minimum absolute atomic E-state index is 0.653. The Morgan fingerprint density at radius 1 is 0.818 bits per heavy atom. The molecule has 0 aliphatic heterocycles. The second-order valence-corrected chi connectivity index (χ2v) is 6.72. The monoisotopic (exact) mass is 574 g/mol. The summed E-state index contributed by atoms with van der Waals surface area (Å²) in [7, 11) is 1.82. The summed E-state index contributed by atoms with van der Waals surface area (Å²) in [4.78, 5) is 8.47. The standard InChI is InChI=1S/C12H12N2O2.C10H14.BF4.ClH.Ru/c1-15-9-3-5-13-11(7-9)12-8-10(16-2)4-6-14-12;1-8(2)10-6-4-9(3)5-7-10;2-1(3,4)5;;/h3-8H,1-2H3;4-8H,1-3H3;;1H;/q;;-1;;+2/p-1. The Hall–Kier alpha value is -1.40. The molecule has 182 valence electrons. The Labute approximate surface area is 208 Å². The summed E-state index contributed by atoms with van der Waals surface area (Å²) < 4.78 is 49.3. The summed E-state index contributed by atoms with van der Waals surface area (Å²) in [5, 5.41) is 0. The van der Waals surface area contributed by atoms with Gasteiger partial charge in [0.15, 0.2) is 0 Å². The molecule has 2 aromatic heterocycles. The van der Waals surface area contributed by atoms with Crippen LogP contribution in [0.1, 0.15) is 20.8 Å². The molecule has 0 aromatic carbocycles. The number of ether oxygens (including phenoxy) is 2. The van der Waals surface area contributed by atoms with E-state index in [9.17, 15) is 17.3 Å². The van der Waals surface area contributed by atoms with Crippen molar-refractivity contribution in [1.82, 2.24) is 9.97 Å². The Kier molecular flexibility index (Phi) is 16.4. The van der Waals surface area contributed by atoms with Crippen molar-refractivity contribution in [3.63, 3.8) is 0 Å². The third-order valence-corrected chi connectivity index (χ3v) is 3.94. The first-order valence-corrected chi connectivity index (χ1v) is 11.8. The molecule has 1 aliphatic carbocycles. The summed E-state index contributed by atoms with van der Waals surface area (Å²) in [6, 6.07) is 7.26. The molecule has 33 heavy (non-hydrogen) atoms. The van der Waals surface area contributed by atoms with E-state index in [-0.39, 0.29) is 0 Å². The average molecular weight is 574 g/mol. The van der Waals surface area contributed by atoms with Gasteiger partial charge in [0.2, 0.25) is 0 Å². The summed E-state index contributed by atoms with van der Waals surface area (Å²) in [5.74, 6) is 4.93. The summed E-state index contributed by atoms with van der Waals surface area (Å²) in [6.45, 7) is 6.54. The van der Waals surface area contributed by atoms with E-state index in [1.807, 2.05) is 29.4 Å². The molecule has 1 saturated carbocycles. The van der Waals surface area contributed by atoms with Gasteiger partial charge in [-0.15, -0.1) is 0 Å². The quantitative estimate of drug-likeness (QED) is 0.299. The van der Waals surface area contributed by atoms with E-state index in [0.717, 1.165) is 22.9 Å². The van der Waals surface area contributed by atoms with Crippen LogP contribution >= 0.6 is 9.69 Å². The van der Waals surface area contributed by atoms with Crippen molar-refractivity contribution in [2.45, 2.75) is 20.8 Å². The topological polar surface area (TPSA) is 44.2 Å². The molecule has 2 heterocycles. The van der Waals surface area contributed by atoms with Gasteiger partial charge < -0.3 is 26.7 Å². The zero-order valence-corrected chi connectivity index (χ0v) is 21.4. The number of rotatable bonds is 4. The number of halogens is 5. The van der Waals surface area contributed by atoms with Gasteiger partial charge in [-0.2, -0.15) is 0 Å². The molecular formula is C22H26BClF4N2O2Ru. The van der Waals surface area contributed by atoms with Gasteiger partial charge in [0.05, 0.1) is 25.6 Å². The van der Waals surface area contributed by atoms with Crippen LogP contribution in [0.25, 0.3) is 11.4 Å². The molecule has 0 amide bonds. The Balaban J connectivity index is 0.000000515. The maximum atomic E-state index is 9.75. The summed E-state index contributed by atoms with van der Waals surface area (Å²) in [5.41, 5.74) is 1.52. The summed E-state index contributed by atoms with van der Waals surface area (Å²) in [6.07, 6.45) is 12.1. The van der Waals surface area contributed by atoms with Crippen LogP contribution in [-0.2, 0) is 17.3 Å². The van der Waals surface area contributed by atoms with Crippen molar-refractivity contribution in [3.8, 4) is 22.9 Å². The van der Waals surface area contributed by atoms with Crippen LogP contribution in [0.3, 0.4) is 0 Å². The van der Waals surface area contributed by atoms with Gasteiger partial charge in [0.25, 0.3) is 0 Å². The molecule has 0 spiro atoms. The predicted octanol–water partition coefficient (Wildman–Crippen LogP) is 6.79. The van der Waals surface area contributed by atoms with Gasteiger partial charge in [0, 0.05) is 24.5 Å². The molecule has 0 N–H and O–H groups in total. The molecule has 0 atom stereocenters. The molecule has 2 aromatic rings. The molecule has 1 fully saturated rings. The van der Waals surface area contributed by atoms with Crippen LogP contribution in [0.15, 0.2) is 36.7 Å². The predicted molar refractivity (Wildman–Crippen MR) is 121 cm³/mol. The molecule has 11 heteroatoms. The number of hydrogen-bond donors (Lipinski definition) is 0. The third kappa shape index (κ3) is 15.2. The maximum absolute atomic E-state index is 9.75. The Morgan fingerprint density at radius 3 is 1.48 bits per heavy atom. The Morgan fingerprint density at radius 2 is 1.18 bits per heavy atom. The van der Waals surface area contributed by atoms with E-state index < -0.39 is 7.25 Å². The molecule has 0 saturated heterocycles. The van der Waals surface area contributed by atoms with E-state index in [4.69, 9.17) is 9.47 Å². The van der Waals surface area contributed by atoms with Crippen LogP contribution in [0.4, 0.5) is 17.3 Å². The fraction of sp³-hybridized carbons (Fsp3) is 0.273. The molecular weight excluding hydrogens is 548 g/mol. The second kappa shape index (κ2) is 17.1. The fourth-order valence-corrected chi connectivity index (χ4v) is 2.31. The first-order chi connectivity index (χ1) is 15.5. The number of aromatic nitrogens is 2. The van der Waals surface area contributed by atoms with Gasteiger partial charge in [0.1, 0.15) is 11.5 Å². The fourth-order valence-electron chi connectivity index (χ4n) is 2.31. The third-order valence-electron chi connectivity index (χ3n) is 3.94. The summed E-state index contributed by atoms with van der Waals surface area (Å²) >= 11 is 1.82. The van der Waals surface area contributed by atoms with Gasteiger partial charge in [-0.1, -0.05) is 20.8 Å². The number of methoxy groups -OCH3 is 2. The first-order valence-electron chi connectivity index (χ1n) is 9.61. The number of nitrogens with zero attached hydrogens (tertiary/aromatic N) is 2. The SMILES string of the molecule is COc1ccnc(-c2cc(OC)ccn2)c1.C[C]1[CH][CH][C](C(C)C)[CH][CH]1.F[B-](F)(F)F.[Cl][Ru+]. The molecule has 3 rings (SSSR count). The Bertz CT molecular complexity index is 729. The van der Waals surface area contributed by atoms with E-state index in [1.165, 1.54) is 11.8 Å². The number of hydrogen-bond acceptors (Lipinski definition) is 4. The van der Waals surface area contributed by atoms with Gasteiger partial charge >= 0.3 is 34.3 Å². The minimum atomic E-state index is -6.00. The first kappa shape index (κ1) is 31.6. The molecule has 1 aliphatic rings. The van der Waals surface area contributed by atoms with E-state index in [0.29, 0.717) is 5.92 Å². The van der Waals surface area contributed by atoms with Crippen molar-refractivity contribution in [3.05, 3.63) is 74.2 Å². The average Bonchev–Trinajstić information content (AvgIpc) is 2.80. The van der Waals surface area contributed by atoms with E-state index in [1.54, 1.807) is 38.7 Å². The second-order valence-electron chi connectivity index (χ2n) is 6.72. The van der Waals surface area contributed by atoms with Crippen molar-refractivity contribution >= 4 is 16.9 Å². The number of pyridine rings is 2. The zero-order valence-electron chi connectivity index (χ0n) is 18.9. The van der Waals surface area contributed by atoms with Gasteiger partial charge in [-0.3, -0.25) is 9.97 Å². The van der Waals surface area contributed by atoms with Crippen LogP contribution < -0.4 is 9.47 Å². The zero-order chi connectivity index (χ0) is 25.4. The molecule has 6 radical (unpaired) electrons. The molecule has 4 nitrogen and oxygen atoms in total. The molecule has 0 unspecified atom stereocenters. The molecule has 0 bridgehead atoms. The van der Waals surface area contributed by atoms with Gasteiger partial charge in [-0.05, 0) is 55.6 Å². The van der Waals surface area contributed by atoms with Crippen molar-refractivity contribution < 1.29 is 44.0 Å². The van der Waals surface area contributed by atoms with Crippen molar-refractivity contribution in [2.75, 3.05) is 14.2 Å². The van der Waals surface area contributed by atoms with Crippen LogP contribution in [0.2, 0.25) is 0 Å². The normalized spacial score (nSPS) is 14.1. The van der Waals surface area contributed by atoms with E-state index in [2.05, 4.69) is 66.1 Å². The van der Waals surface area contributed by atoms with Crippen LogP contribution in [0, 0.1) is 43.4 Å².